The SMILES string of the molecule is CC1(C)C=C2C(=O)c3cnccc3[C@](C)(O)[C@H]2C1. The number of carbonyl (C=O) groups excluding carboxylic acids is 1. The molecule has 1 aromatic heterocycles. The number of carbonyl (C=O) groups is 1. The molecule has 0 fully saturated rings. The third-order valence-corrected chi connectivity index (χ3v) is 4.20. The molecule has 0 aliphatic heterocycles. The lowest BCUT2D eigenvalue weighted by molar-refractivity contribution is -0.00220. The van der Waals surface area contributed by atoms with E-state index in [0.717, 1.165) is 12.0 Å². The maximum Gasteiger partial charge on any atom is 0.191 e. The van der Waals surface area contributed by atoms with E-state index in [-0.39, 0.29) is 17.1 Å². The van der Waals surface area contributed by atoms with E-state index < -0.39 is 5.60 Å². The van der Waals surface area contributed by atoms with Gasteiger partial charge in [0.25, 0.3) is 0 Å². The molecule has 0 amide bonds. The molecule has 0 aromatic carbocycles. The summed E-state index contributed by atoms with van der Waals surface area (Å²) in [7, 11) is 0. The van der Waals surface area contributed by atoms with Gasteiger partial charge in [0.1, 0.15) is 0 Å². The molecule has 0 radical (unpaired) electrons. The molecule has 94 valence electrons. The van der Waals surface area contributed by atoms with Gasteiger partial charge in [0, 0.05) is 29.4 Å². The second-order valence-electron chi connectivity index (χ2n) is 6.24. The van der Waals surface area contributed by atoms with E-state index in [4.69, 9.17) is 0 Å². The number of fused-ring (bicyclic) bond motifs is 2. The van der Waals surface area contributed by atoms with Crippen molar-refractivity contribution in [1.29, 1.82) is 0 Å². The minimum absolute atomic E-state index is 0.0280. The number of aromatic nitrogens is 1. The number of Topliss-reactive ketones (excluding diaryl/α,β-unsaturated/α-hetero) is 1. The number of ketones is 1. The Morgan fingerprint density at radius 3 is 2.83 bits per heavy atom. The van der Waals surface area contributed by atoms with Gasteiger partial charge >= 0.3 is 0 Å². The second-order valence-corrected chi connectivity index (χ2v) is 6.24. The van der Waals surface area contributed by atoms with Crippen molar-refractivity contribution in [2.75, 3.05) is 0 Å². The van der Waals surface area contributed by atoms with Crippen LogP contribution in [0.25, 0.3) is 0 Å². The molecule has 0 unspecified atom stereocenters. The Bertz CT molecular complexity index is 570. The number of hydrogen-bond acceptors (Lipinski definition) is 3. The summed E-state index contributed by atoms with van der Waals surface area (Å²) in [5.41, 5.74) is 0.997. The Morgan fingerprint density at radius 2 is 2.11 bits per heavy atom. The molecule has 2 aliphatic carbocycles. The monoisotopic (exact) mass is 243 g/mol. The fourth-order valence-electron chi connectivity index (χ4n) is 3.30. The van der Waals surface area contributed by atoms with Gasteiger partial charge in [-0.1, -0.05) is 19.9 Å². The Balaban J connectivity index is 2.24. The summed E-state index contributed by atoms with van der Waals surface area (Å²) in [4.78, 5) is 16.5. The molecule has 2 aliphatic rings. The number of pyridine rings is 1. The molecule has 1 aromatic rings. The van der Waals surface area contributed by atoms with Crippen LogP contribution in [-0.2, 0) is 5.60 Å². The van der Waals surface area contributed by atoms with Crippen molar-refractivity contribution in [3.8, 4) is 0 Å². The van der Waals surface area contributed by atoms with Gasteiger partial charge in [0.05, 0.1) is 5.60 Å². The highest BCUT2D eigenvalue weighted by Gasteiger charge is 2.50. The summed E-state index contributed by atoms with van der Waals surface area (Å²) in [5, 5.41) is 10.8. The number of rotatable bonds is 0. The predicted molar refractivity (Wildman–Crippen MR) is 68.1 cm³/mol. The van der Waals surface area contributed by atoms with Crippen molar-refractivity contribution in [2.24, 2.45) is 11.3 Å². The molecule has 0 bridgehead atoms. The normalized spacial score (nSPS) is 32.8. The highest BCUT2D eigenvalue weighted by molar-refractivity contribution is 6.11. The van der Waals surface area contributed by atoms with E-state index in [1.54, 1.807) is 25.4 Å². The fourth-order valence-corrected chi connectivity index (χ4v) is 3.30. The van der Waals surface area contributed by atoms with Crippen LogP contribution in [0, 0.1) is 11.3 Å². The molecule has 0 saturated heterocycles. The average Bonchev–Trinajstić information content (AvgIpc) is 2.64. The van der Waals surface area contributed by atoms with Crippen LogP contribution in [0.1, 0.15) is 43.1 Å². The molecule has 1 N–H and O–H groups in total. The van der Waals surface area contributed by atoms with E-state index in [0.29, 0.717) is 11.1 Å². The molecule has 3 rings (SSSR count). The molecule has 0 saturated carbocycles. The number of hydrogen-bond donors (Lipinski definition) is 1. The first-order valence-corrected chi connectivity index (χ1v) is 6.27. The lowest BCUT2D eigenvalue weighted by Gasteiger charge is -2.38. The summed E-state index contributed by atoms with van der Waals surface area (Å²) >= 11 is 0. The lowest BCUT2D eigenvalue weighted by Crippen LogP contribution is -2.40. The van der Waals surface area contributed by atoms with Gasteiger partial charge in [0.15, 0.2) is 5.78 Å². The minimum atomic E-state index is -0.980. The molecular weight excluding hydrogens is 226 g/mol. The van der Waals surface area contributed by atoms with Crippen molar-refractivity contribution in [2.45, 2.75) is 32.8 Å². The van der Waals surface area contributed by atoms with Gasteiger partial charge in [-0.2, -0.15) is 0 Å². The second kappa shape index (κ2) is 3.29. The lowest BCUT2D eigenvalue weighted by atomic mass is 9.70. The van der Waals surface area contributed by atoms with Crippen molar-refractivity contribution < 1.29 is 9.90 Å². The first kappa shape index (κ1) is 11.6. The van der Waals surface area contributed by atoms with Crippen LogP contribution < -0.4 is 0 Å². The Kier molecular flexibility index (Phi) is 2.12. The van der Waals surface area contributed by atoms with E-state index in [1.807, 2.05) is 6.08 Å². The van der Waals surface area contributed by atoms with Crippen LogP contribution in [0.4, 0.5) is 0 Å². The maximum atomic E-state index is 12.5. The van der Waals surface area contributed by atoms with Crippen LogP contribution >= 0.6 is 0 Å². The fraction of sp³-hybridized carbons (Fsp3) is 0.467. The zero-order valence-electron chi connectivity index (χ0n) is 10.9. The van der Waals surface area contributed by atoms with Crippen molar-refractivity contribution in [1.82, 2.24) is 4.98 Å². The smallest absolute Gasteiger partial charge is 0.191 e. The van der Waals surface area contributed by atoms with Crippen LogP contribution in [0.5, 0.6) is 0 Å². The standard InChI is InChI=1S/C15H17NO2/c1-14(2)6-9-12(7-14)15(3,18)11-4-5-16-8-10(11)13(9)17/h4-6,8,12,18H,7H2,1-3H3/t12-,15-/m0/s1. The molecule has 3 heteroatoms. The Labute approximate surface area is 107 Å². The van der Waals surface area contributed by atoms with Crippen molar-refractivity contribution in [3.05, 3.63) is 41.2 Å². The Morgan fingerprint density at radius 1 is 1.39 bits per heavy atom. The van der Waals surface area contributed by atoms with Gasteiger partial charge in [-0.3, -0.25) is 9.78 Å². The molecule has 1 heterocycles. The van der Waals surface area contributed by atoms with Crippen molar-refractivity contribution >= 4 is 5.78 Å². The summed E-state index contributed by atoms with van der Waals surface area (Å²) in [6.07, 6.45) is 6.02. The van der Waals surface area contributed by atoms with E-state index in [1.165, 1.54) is 0 Å². The molecule has 0 spiro atoms. The van der Waals surface area contributed by atoms with Crippen LogP contribution in [0.3, 0.4) is 0 Å². The van der Waals surface area contributed by atoms with E-state index in [2.05, 4.69) is 18.8 Å². The summed E-state index contributed by atoms with van der Waals surface area (Å²) in [6, 6.07) is 1.76. The molecule has 18 heavy (non-hydrogen) atoms. The zero-order chi connectivity index (χ0) is 13.1. The largest absolute Gasteiger partial charge is 0.385 e. The highest BCUT2D eigenvalue weighted by Crippen LogP contribution is 2.52. The van der Waals surface area contributed by atoms with Gasteiger partial charge < -0.3 is 5.11 Å². The predicted octanol–water partition coefficient (Wildman–Crippen LogP) is 2.46. The number of nitrogens with zero attached hydrogens (tertiary/aromatic N) is 1. The van der Waals surface area contributed by atoms with Gasteiger partial charge in [-0.15, -0.1) is 0 Å². The summed E-state index contributed by atoms with van der Waals surface area (Å²) in [5.74, 6) is -0.0740. The van der Waals surface area contributed by atoms with Crippen molar-refractivity contribution in [3.63, 3.8) is 0 Å². The molecular formula is C15H17NO2. The third kappa shape index (κ3) is 1.40. The first-order chi connectivity index (χ1) is 8.33. The van der Waals surface area contributed by atoms with Gasteiger partial charge in [-0.25, -0.2) is 0 Å². The zero-order valence-corrected chi connectivity index (χ0v) is 10.9. The molecule has 3 nitrogen and oxygen atoms in total. The minimum Gasteiger partial charge on any atom is -0.385 e. The van der Waals surface area contributed by atoms with Gasteiger partial charge in [-0.05, 0) is 30.4 Å². The topological polar surface area (TPSA) is 50.2 Å². The molecule has 2 atom stereocenters. The van der Waals surface area contributed by atoms with Gasteiger partial charge in [0.2, 0.25) is 0 Å². The summed E-state index contributed by atoms with van der Waals surface area (Å²) < 4.78 is 0. The highest BCUT2D eigenvalue weighted by atomic mass is 16.3. The van der Waals surface area contributed by atoms with Crippen LogP contribution in [-0.4, -0.2) is 15.9 Å². The number of aliphatic hydroxyl groups is 1. The first-order valence-electron chi connectivity index (χ1n) is 6.27. The summed E-state index contributed by atoms with van der Waals surface area (Å²) in [6.45, 7) is 6.01. The number of allylic oxidation sites excluding steroid dienone is 1. The van der Waals surface area contributed by atoms with E-state index >= 15 is 0 Å². The quantitative estimate of drug-likeness (QED) is 0.761. The Hall–Kier alpha value is -1.48. The average molecular weight is 243 g/mol. The van der Waals surface area contributed by atoms with Crippen LogP contribution in [0.15, 0.2) is 30.1 Å². The maximum absolute atomic E-state index is 12.5. The van der Waals surface area contributed by atoms with E-state index in [9.17, 15) is 9.90 Å². The van der Waals surface area contributed by atoms with Crippen LogP contribution in [0.2, 0.25) is 0 Å². The third-order valence-electron chi connectivity index (χ3n) is 4.20.